The summed E-state index contributed by atoms with van der Waals surface area (Å²) in [5, 5.41) is 11.9. The van der Waals surface area contributed by atoms with Gasteiger partial charge in [0.15, 0.2) is 11.5 Å². The van der Waals surface area contributed by atoms with Gasteiger partial charge in [0.25, 0.3) is 0 Å². The third kappa shape index (κ3) is 5.15. The summed E-state index contributed by atoms with van der Waals surface area (Å²) >= 11 is 0. The number of methoxy groups -OCH3 is 3. The minimum Gasteiger partial charge on any atom is -0.493 e. The molecule has 2 rings (SSSR count). The van der Waals surface area contributed by atoms with Crippen LogP contribution in [0.25, 0.3) is 0 Å². The van der Waals surface area contributed by atoms with Crippen LogP contribution in [0.15, 0.2) is 12.1 Å². The molecule has 1 aliphatic heterocycles. The predicted octanol–water partition coefficient (Wildman–Crippen LogP) is 2.01. The maximum absolute atomic E-state index is 12.2. The largest absolute Gasteiger partial charge is 0.493 e. The van der Waals surface area contributed by atoms with E-state index in [1.54, 1.807) is 12.1 Å². The van der Waals surface area contributed by atoms with Crippen LogP contribution in [-0.2, 0) is 9.59 Å². The fraction of sp³-hybridized carbons (Fsp3) is 0.529. The standard InChI is InChI=1S/C17H24N2O6.ClH/c1-23-13-9-11(10-14(24-2)16(13)25-3)18-15(20)6-8-19-7-4-5-12(19)17(21)22;/h9-10,12H,4-8H2,1-3H3,(H,18,20)(H,21,22);1H. The molecule has 0 radical (unpaired) electrons. The Morgan fingerprint density at radius 3 is 2.31 bits per heavy atom. The highest BCUT2D eigenvalue weighted by atomic mass is 35.5. The van der Waals surface area contributed by atoms with Crippen molar-refractivity contribution in [2.45, 2.75) is 25.3 Å². The summed E-state index contributed by atoms with van der Waals surface area (Å²) in [6, 6.07) is 2.80. The molecule has 1 saturated heterocycles. The first-order valence-corrected chi connectivity index (χ1v) is 8.06. The molecule has 0 spiro atoms. The first-order valence-electron chi connectivity index (χ1n) is 8.06. The number of hydrogen-bond donors (Lipinski definition) is 2. The number of anilines is 1. The van der Waals surface area contributed by atoms with Crippen molar-refractivity contribution >= 4 is 30.0 Å². The van der Waals surface area contributed by atoms with Crippen molar-refractivity contribution in [3.63, 3.8) is 0 Å². The molecule has 1 aromatic rings. The van der Waals surface area contributed by atoms with Gasteiger partial charge in [0.1, 0.15) is 6.04 Å². The van der Waals surface area contributed by atoms with E-state index in [9.17, 15) is 9.59 Å². The first-order chi connectivity index (χ1) is 12.0. The lowest BCUT2D eigenvalue weighted by Crippen LogP contribution is -2.37. The number of hydrogen-bond acceptors (Lipinski definition) is 6. The SMILES string of the molecule is COc1cc(NC(=O)CCN2CCCC2C(=O)O)cc(OC)c1OC.Cl. The number of rotatable bonds is 8. The molecule has 1 fully saturated rings. The van der Waals surface area contributed by atoms with Crippen LogP contribution < -0.4 is 19.5 Å². The minimum absolute atomic E-state index is 0. The zero-order valence-corrected chi connectivity index (χ0v) is 15.9. The summed E-state index contributed by atoms with van der Waals surface area (Å²) in [5.74, 6) is 0.308. The fourth-order valence-electron chi connectivity index (χ4n) is 3.00. The van der Waals surface area contributed by atoms with Gasteiger partial charge >= 0.3 is 5.97 Å². The smallest absolute Gasteiger partial charge is 0.320 e. The van der Waals surface area contributed by atoms with Crippen LogP contribution in [0.1, 0.15) is 19.3 Å². The third-order valence-electron chi connectivity index (χ3n) is 4.22. The van der Waals surface area contributed by atoms with Crippen LogP contribution in [0.4, 0.5) is 5.69 Å². The van der Waals surface area contributed by atoms with E-state index in [2.05, 4.69) is 5.32 Å². The van der Waals surface area contributed by atoms with E-state index in [4.69, 9.17) is 19.3 Å². The van der Waals surface area contributed by atoms with E-state index >= 15 is 0 Å². The molecule has 0 saturated carbocycles. The number of carboxylic acid groups (broad SMARTS) is 1. The number of benzene rings is 1. The van der Waals surface area contributed by atoms with Crippen molar-refractivity contribution in [3.8, 4) is 17.2 Å². The van der Waals surface area contributed by atoms with Crippen LogP contribution in [0.2, 0.25) is 0 Å². The number of carbonyl (C=O) groups excluding carboxylic acids is 1. The molecule has 9 heteroatoms. The van der Waals surface area contributed by atoms with Gasteiger partial charge in [-0.25, -0.2) is 0 Å². The van der Waals surface area contributed by atoms with Crippen molar-refractivity contribution in [3.05, 3.63) is 12.1 Å². The quantitative estimate of drug-likeness (QED) is 0.703. The van der Waals surface area contributed by atoms with Gasteiger partial charge in [-0.2, -0.15) is 0 Å². The van der Waals surface area contributed by atoms with Gasteiger partial charge in [-0.1, -0.05) is 0 Å². The molecule has 1 aromatic carbocycles. The first kappa shape index (κ1) is 21.9. The second-order valence-corrected chi connectivity index (χ2v) is 5.74. The highest BCUT2D eigenvalue weighted by molar-refractivity contribution is 5.91. The third-order valence-corrected chi connectivity index (χ3v) is 4.22. The zero-order chi connectivity index (χ0) is 18.4. The normalized spacial score (nSPS) is 16.5. The fourth-order valence-corrected chi connectivity index (χ4v) is 3.00. The summed E-state index contributed by atoms with van der Waals surface area (Å²) in [6.45, 7) is 1.11. The molecule has 146 valence electrons. The van der Waals surface area contributed by atoms with E-state index in [0.29, 0.717) is 42.4 Å². The summed E-state index contributed by atoms with van der Waals surface area (Å²) in [6.07, 6.45) is 1.68. The van der Waals surface area contributed by atoms with Gasteiger partial charge < -0.3 is 24.6 Å². The van der Waals surface area contributed by atoms with Gasteiger partial charge in [-0.15, -0.1) is 12.4 Å². The Morgan fingerprint density at radius 1 is 1.19 bits per heavy atom. The van der Waals surface area contributed by atoms with Crippen LogP contribution in [0, 0.1) is 0 Å². The van der Waals surface area contributed by atoms with Crippen LogP contribution >= 0.6 is 12.4 Å². The average Bonchev–Trinajstić information content (AvgIpc) is 3.07. The number of aliphatic carboxylic acids is 1. The maximum Gasteiger partial charge on any atom is 0.320 e. The van der Waals surface area contributed by atoms with Gasteiger partial charge in [0.05, 0.1) is 21.3 Å². The maximum atomic E-state index is 12.2. The lowest BCUT2D eigenvalue weighted by molar-refractivity contribution is -0.142. The average molecular weight is 389 g/mol. The van der Waals surface area contributed by atoms with Crippen LogP contribution in [0.5, 0.6) is 17.2 Å². The number of amides is 1. The van der Waals surface area contributed by atoms with Gasteiger partial charge in [-0.3, -0.25) is 14.5 Å². The minimum atomic E-state index is -0.831. The summed E-state index contributed by atoms with van der Waals surface area (Å²) in [5.41, 5.74) is 0.524. The van der Waals surface area contributed by atoms with Gasteiger partial charge in [-0.05, 0) is 19.4 Å². The lowest BCUT2D eigenvalue weighted by Gasteiger charge is -2.20. The highest BCUT2D eigenvalue weighted by Gasteiger charge is 2.30. The Balaban J connectivity index is 0.00000338. The van der Waals surface area contributed by atoms with Gasteiger partial charge in [0.2, 0.25) is 11.7 Å². The molecule has 0 aromatic heterocycles. The predicted molar refractivity (Wildman–Crippen MR) is 98.8 cm³/mol. The van der Waals surface area contributed by atoms with Crippen molar-refractivity contribution < 1.29 is 28.9 Å². The highest BCUT2D eigenvalue weighted by Crippen LogP contribution is 2.39. The van der Waals surface area contributed by atoms with E-state index in [1.807, 2.05) is 4.90 Å². The molecule has 2 N–H and O–H groups in total. The topological polar surface area (TPSA) is 97.3 Å². The van der Waals surface area contributed by atoms with Crippen molar-refractivity contribution in [2.24, 2.45) is 0 Å². The summed E-state index contributed by atoms with van der Waals surface area (Å²) in [7, 11) is 4.51. The van der Waals surface area contributed by atoms with Crippen LogP contribution in [0.3, 0.4) is 0 Å². The van der Waals surface area contributed by atoms with Crippen molar-refractivity contribution in [2.75, 3.05) is 39.7 Å². The second kappa shape index (κ2) is 10.1. The molecule has 1 atom stereocenters. The number of nitrogens with one attached hydrogen (secondary N) is 1. The number of nitrogens with zero attached hydrogens (tertiary/aromatic N) is 1. The Labute approximate surface area is 158 Å². The summed E-state index contributed by atoms with van der Waals surface area (Å²) in [4.78, 5) is 25.2. The van der Waals surface area contributed by atoms with Crippen LogP contribution in [-0.4, -0.2) is 62.3 Å². The molecular weight excluding hydrogens is 364 g/mol. The number of ether oxygens (including phenoxy) is 3. The molecule has 8 nitrogen and oxygen atoms in total. The summed E-state index contributed by atoms with van der Waals surface area (Å²) < 4.78 is 15.7. The second-order valence-electron chi connectivity index (χ2n) is 5.74. The Kier molecular flexibility index (Phi) is 8.47. The Bertz CT molecular complexity index is 615. The Hall–Kier alpha value is -2.19. The molecule has 26 heavy (non-hydrogen) atoms. The van der Waals surface area contributed by atoms with E-state index < -0.39 is 12.0 Å². The lowest BCUT2D eigenvalue weighted by atomic mass is 10.2. The number of carbonyl (C=O) groups is 2. The Morgan fingerprint density at radius 2 is 1.81 bits per heavy atom. The molecule has 1 aliphatic rings. The molecular formula is C17H25ClN2O6. The van der Waals surface area contributed by atoms with E-state index in [0.717, 1.165) is 6.42 Å². The zero-order valence-electron chi connectivity index (χ0n) is 15.1. The monoisotopic (exact) mass is 388 g/mol. The van der Waals surface area contributed by atoms with E-state index in [-0.39, 0.29) is 24.7 Å². The molecule has 1 unspecified atom stereocenters. The number of carboxylic acids is 1. The molecule has 1 amide bonds. The molecule has 0 bridgehead atoms. The van der Waals surface area contributed by atoms with Crippen molar-refractivity contribution in [1.29, 1.82) is 0 Å². The van der Waals surface area contributed by atoms with Gasteiger partial charge in [0, 0.05) is 30.8 Å². The number of likely N-dealkylation sites (tertiary alicyclic amines) is 1. The van der Waals surface area contributed by atoms with E-state index in [1.165, 1.54) is 21.3 Å². The molecule has 1 heterocycles. The van der Waals surface area contributed by atoms with Crippen molar-refractivity contribution in [1.82, 2.24) is 4.90 Å². The number of halogens is 1. The molecule has 0 aliphatic carbocycles.